The molecular weight excluding hydrogens is 226 g/mol. The van der Waals surface area contributed by atoms with E-state index in [1.807, 2.05) is 7.05 Å². The zero-order valence-corrected chi connectivity index (χ0v) is 11.3. The normalized spacial score (nSPS) is 22.2. The standard InChI is InChI=1S/C15H21NO2/c1-10-4-5-12(11(2)8-10)6-7-16(3)14-9-13(14)15(17)18/h4-5,8,13-14H,6-7,9H2,1-3H3,(H,17,18). The van der Waals surface area contributed by atoms with Gasteiger partial charge >= 0.3 is 5.97 Å². The Kier molecular flexibility index (Phi) is 3.71. The van der Waals surface area contributed by atoms with E-state index < -0.39 is 5.97 Å². The van der Waals surface area contributed by atoms with Gasteiger partial charge in [0.15, 0.2) is 0 Å². The van der Waals surface area contributed by atoms with Crippen molar-refractivity contribution in [2.24, 2.45) is 5.92 Å². The van der Waals surface area contributed by atoms with Crippen molar-refractivity contribution in [2.45, 2.75) is 32.7 Å². The van der Waals surface area contributed by atoms with E-state index in [4.69, 9.17) is 5.11 Å². The second-order valence-electron chi connectivity index (χ2n) is 5.41. The lowest BCUT2D eigenvalue weighted by atomic mass is 10.0. The fourth-order valence-corrected chi connectivity index (χ4v) is 2.52. The number of carboxylic acids is 1. The second-order valence-corrected chi connectivity index (χ2v) is 5.41. The highest BCUT2D eigenvalue weighted by atomic mass is 16.4. The Morgan fingerprint density at radius 3 is 2.72 bits per heavy atom. The molecule has 0 spiro atoms. The van der Waals surface area contributed by atoms with E-state index in [-0.39, 0.29) is 12.0 Å². The average molecular weight is 247 g/mol. The van der Waals surface area contributed by atoms with E-state index in [9.17, 15) is 4.79 Å². The molecule has 1 aromatic carbocycles. The van der Waals surface area contributed by atoms with Crippen LogP contribution in [0.5, 0.6) is 0 Å². The summed E-state index contributed by atoms with van der Waals surface area (Å²) in [5.74, 6) is -0.799. The minimum Gasteiger partial charge on any atom is -0.481 e. The molecule has 0 aromatic heterocycles. The first-order valence-corrected chi connectivity index (χ1v) is 6.48. The van der Waals surface area contributed by atoms with Crippen LogP contribution in [0.2, 0.25) is 0 Å². The highest BCUT2D eigenvalue weighted by Crippen LogP contribution is 2.35. The SMILES string of the molecule is Cc1ccc(CCN(C)C2CC2C(=O)O)c(C)c1. The van der Waals surface area contributed by atoms with Crippen molar-refractivity contribution >= 4 is 5.97 Å². The molecule has 1 aliphatic rings. The van der Waals surface area contributed by atoms with Crippen LogP contribution in [0.4, 0.5) is 0 Å². The number of benzene rings is 1. The molecule has 98 valence electrons. The number of carbonyl (C=O) groups is 1. The van der Waals surface area contributed by atoms with Gasteiger partial charge in [0.05, 0.1) is 5.92 Å². The summed E-state index contributed by atoms with van der Waals surface area (Å²) in [5, 5.41) is 8.91. The third-order valence-corrected chi connectivity index (χ3v) is 3.87. The van der Waals surface area contributed by atoms with Gasteiger partial charge in [0.1, 0.15) is 0 Å². The molecule has 0 heterocycles. The number of aryl methyl sites for hydroxylation is 2. The first kappa shape index (κ1) is 13.1. The molecule has 2 rings (SSSR count). The van der Waals surface area contributed by atoms with Crippen LogP contribution in [-0.2, 0) is 11.2 Å². The van der Waals surface area contributed by atoms with Crippen LogP contribution in [0.1, 0.15) is 23.1 Å². The molecule has 0 saturated heterocycles. The van der Waals surface area contributed by atoms with E-state index in [1.54, 1.807) is 0 Å². The summed E-state index contributed by atoms with van der Waals surface area (Å²) < 4.78 is 0. The van der Waals surface area contributed by atoms with Crippen molar-refractivity contribution in [2.75, 3.05) is 13.6 Å². The van der Waals surface area contributed by atoms with Gasteiger partial charge < -0.3 is 10.0 Å². The predicted molar refractivity (Wildman–Crippen MR) is 71.8 cm³/mol. The Bertz CT molecular complexity index is 456. The van der Waals surface area contributed by atoms with Gasteiger partial charge in [-0.15, -0.1) is 0 Å². The van der Waals surface area contributed by atoms with Crippen LogP contribution in [0.15, 0.2) is 18.2 Å². The molecule has 1 aromatic rings. The smallest absolute Gasteiger partial charge is 0.308 e. The maximum atomic E-state index is 10.8. The Morgan fingerprint density at radius 2 is 2.17 bits per heavy atom. The van der Waals surface area contributed by atoms with Gasteiger partial charge in [-0.2, -0.15) is 0 Å². The van der Waals surface area contributed by atoms with Crippen LogP contribution < -0.4 is 0 Å². The molecule has 3 heteroatoms. The summed E-state index contributed by atoms with van der Waals surface area (Å²) in [5.41, 5.74) is 3.98. The molecule has 3 nitrogen and oxygen atoms in total. The molecule has 2 atom stereocenters. The molecule has 0 radical (unpaired) electrons. The number of hydrogen-bond donors (Lipinski definition) is 1. The molecule has 1 saturated carbocycles. The Labute approximate surface area is 108 Å². The average Bonchev–Trinajstić information content (AvgIpc) is 3.07. The van der Waals surface area contributed by atoms with Crippen LogP contribution in [0.3, 0.4) is 0 Å². The van der Waals surface area contributed by atoms with Crippen molar-refractivity contribution in [3.8, 4) is 0 Å². The molecule has 2 unspecified atom stereocenters. The number of rotatable bonds is 5. The monoisotopic (exact) mass is 247 g/mol. The number of nitrogens with zero attached hydrogens (tertiary/aromatic N) is 1. The molecule has 0 aliphatic heterocycles. The third-order valence-electron chi connectivity index (χ3n) is 3.87. The third kappa shape index (κ3) is 2.91. The fourth-order valence-electron chi connectivity index (χ4n) is 2.52. The Balaban J connectivity index is 1.86. The molecule has 0 amide bonds. The number of likely N-dealkylation sites (N-methyl/N-ethyl adjacent to an activating group) is 1. The van der Waals surface area contributed by atoms with Gasteiger partial charge in [0.2, 0.25) is 0 Å². The summed E-state index contributed by atoms with van der Waals surface area (Å²) in [7, 11) is 2.02. The van der Waals surface area contributed by atoms with Gasteiger partial charge in [0.25, 0.3) is 0 Å². The summed E-state index contributed by atoms with van der Waals surface area (Å²) in [6, 6.07) is 6.76. The fraction of sp³-hybridized carbons (Fsp3) is 0.533. The first-order valence-electron chi connectivity index (χ1n) is 6.48. The zero-order chi connectivity index (χ0) is 13.3. The summed E-state index contributed by atoms with van der Waals surface area (Å²) in [6.45, 7) is 5.17. The van der Waals surface area contributed by atoms with Crippen LogP contribution >= 0.6 is 0 Å². The van der Waals surface area contributed by atoms with E-state index in [0.717, 1.165) is 19.4 Å². The maximum absolute atomic E-state index is 10.8. The molecule has 1 fully saturated rings. The van der Waals surface area contributed by atoms with Crippen LogP contribution in [0.25, 0.3) is 0 Å². The number of aliphatic carboxylic acids is 1. The molecule has 1 aliphatic carbocycles. The van der Waals surface area contributed by atoms with Gasteiger partial charge in [0, 0.05) is 12.6 Å². The molecule has 1 N–H and O–H groups in total. The molecule has 0 bridgehead atoms. The highest BCUT2D eigenvalue weighted by Gasteiger charge is 2.45. The first-order chi connectivity index (χ1) is 8.49. The topological polar surface area (TPSA) is 40.5 Å². The maximum Gasteiger partial charge on any atom is 0.308 e. The van der Waals surface area contributed by atoms with Crippen molar-refractivity contribution in [3.63, 3.8) is 0 Å². The minimum atomic E-state index is -0.654. The number of hydrogen-bond acceptors (Lipinski definition) is 2. The van der Waals surface area contributed by atoms with Crippen LogP contribution in [-0.4, -0.2) is 35.6 Å². The zero-order valence-electron chi connectivity index (χ0n) is 11.3. The van der Waals surface area contributed by atoms with Crippen molar-refractivity contribution in [1.82, 2.24) is 4.90 Å². The van der Waals surface area contributed by atoms with E-state index >= 15 is 0 Å². The van der Waals surface area contributed by atoms with Crippen molar-refractivity contribution in [3.05, 3.63) is 34.9 Å². The van der Waals surface area contributed by atoms with E-state index in [0.29, 0.717) is 0 Å². The van der Waals surface area contributed by atoms with Crippen LogP contribution in [0, 0.1) is 19.8 Å². The Hall–Kier alpha value is -1.35. The molecule has 18 heavy (non-hydrogen) atoms. The Morgan fingerprint density at radius 1 is 1.44 bits per heavy atom. The van der Waals surface area contributed by atoms with Gasteiger partial charge in [-0.3, -0.25) is 4.79 Å². The second kappa shape index (κ2) is 5.11. The highest BCUT2D eigenvalue weighted by molar-refractivity contribution is 5.74. The summed E-state index contributed by atoms with van der Waals surface area (Å²) in [4.78, 5) is 13.0. The van der Waals surface area contributed by atoms with E-state index in [2.05, 4.69) is 36.9 Å². The summed E-state index contributed by atoms with van der Waals surface area (Å²) >= 11 is 0. The lowest BCUT2D eigenvalue weighted by molar-refractivity contribution is -0.138. The van der Waals surface area contributed by atoms with Gasteiger partial charge in [-0.1, -0.05) is 23.8 Å². The predicted octanol–water partition coefficient (Wildman–Crippen LogP) is 2.25. The van der Waals surface area contributed by atoms with Crippen molar-refractivity contribution in [1.29, 1.82) is 0 Å². The van der Waals surface area contributed by atoms with Crippen molar-refractivity contribution < 1.29 is 9.90 Å². The number of carboxylic acid groups (broad SMARTS) is 1. The summed E-state index contributed by atoms with van der Waals surface area (Å²) in [6.07, 6.45) is 1.80. The lowest BCUT2D eigenvalue weighted by Crippen LogP contribution is -2.26. The minimum absolute atomic E-state index is 0.144. The lowest BCUT2D eigenvalue weighted by Gasteiger charge is -2.17. The largest absolute Gasteiger partial charge is 0.481 e. The quantitative estimate of drug-likeness (QED) is 0.867. The van der Waals surface area contributed by atoms with Gasteiger partial charge in [-0.25, -0.2) is 0 Å². The van der Waals surface area contributed by atoms with Gasteiger partial charge in [-0.05, 0) is 44.9 Å². The van der Waals surface area contributed by atoms with E-state index in [1.165, 1.54) is 16.7 Å². The molecular formula is C15H21NO2.